The van der Waals surface area contributed by atoms with Crippen molar-refractivity contribution in [2.75, 3.05) is 6.61 Å². The van der Waals surface area contributed by atoms with Crippen LogP contribution in [0.5, 0.6) is 5.95 Å². The molecule has 0 unspecified atom stereocenters. The molecule has 1 heterocycles. The number of hydrogen-bond donors (Lipinski definition) is 1. The van der Waals surface area contributed by atoms with Crippen LogP contribution in [0.4, 0.5) is 0 Å². The molecule has 1 aromatic carbocycles. The van der Waals surface area contributed by atoms with E-state index in [2.05, 4.69) is 4.98 Å². The van der Waals surface area contributed by atoms with Crippen LogP contribution in [-0.4, -0.2) is 22.7 Å². The summed E-state index contributed by atoms with van der Waals surface area (Å²) in [5.74, 6) is -1.08. The minimum atomic E-state index is -1.19. The lowest BCUT2D eigenvalue weighted by atomic mass is 10.1. The number of aryl methyl sites for hydroxylation is 1. The number of carboxylic acids is 1. The second-order valence-electron chi connectivity index (χ2n) is 3.86. The fraction of sp³-hybridized carbons (Fsp3) is 0.231. The predicted molar refractivity (Wildman–Crippen MR) is 69.8 cm³/mol. The van der Waals surface area contributed by atoms with E-state index in [0.717, 1.165) is 5.56 Å². The Bertz CT molecular complexity index is 621. The van der Waals surface area contributed by atoms with Crippen LogP contribution in [0, 0.1) is 6.92 Å². The van der Waals surface area contributed by atoms with Crippen molar-refractivity contribution in [3.8, 4) is 17.4 Å². The van der Waals surface area contributed by atoms with Gasteiger partial charge in [0, 0.05) is 10.6 Å². The maximum Gasteiger partial charge on any atom is 0.362 e. The highest BCUT2D eigenvalue weighted by atomic mass is 35.5. The van der Waals surface area contributed by atoms with Crippen molar-refractivity contribution in [3.63, 3.8) is 0 Å². The zero-order chi connectivity index (χ0) is 14.0. The molecule has 100 valence electrons. The van der Waals surface area contributed by atoms with Gasteiger partial charge in [0.15, 0.2) is 0 Å². The van der Waals surface area contributed by atoms with E-state index in [1.807, 2.05) is 6.92 Å². The molecule has 0 amide bonds. The van der Waals surface area contributed by atoms with Crippen LogP contribution < -0.4 is 4.74 Å². The van der Waals surface area contributed by atoms with Gasteiger partial charge in [-0.25, -0.2) is 4.79 Å². The van der Waals surface area contributed by atoms with Crippen molar-refractivity contribution in [1.29, 1.82) is 0 Å². The Morgan fingerprint density at radius 2 is 2.26 bits per heavy atom. The molecule has 6 heteroatoms. The van der Waals surface area contributed by atoms with Crippen LogP contribution in [0.15, 0.2) is 22.6 Å². The number of oxazole rings is 1. The second-order valence-corrected chi connectivity index (χ2v) is 4.26. The van der Waals surface area contributed by atoms with Crippen LogP contribution in [0.25, 0.3) is 11.5 Å². The number of aromatic nitrogens is 1. The summed E-state index contributed by atoms with van der Waals surface area (Å²) in [6, 6.07) is 5.19. The molecule has 19 heavy (non-hydrogen) atoms. The van der Waals surface area contributed by atoms with E-state index in [0.29, 0.717) is 17.2 Å². The summed E-state index contributed by atoms with van der Waals surface area (Å²) >= 11 is 5.93. The van der Waals surface area contributed by atoms with Gasteiger partial charge in [-0.05, 0) is 37.6 Å². The normalized spacial score (nSPS) is 10.5. The molecular weight excluding hydrogens is 270 g/mol. The quantitative estimate of drug-likeness (QED) is 0.930. The average molecular weight is 282 g/mol. The van der Waals surface area contributed by atoms with Crippen molar-refractivity contribution in [3.05, 3.63) is 34.5 Å². The molecule has 5 nitrogen and oxygen atoms in total. The van der Waals surface area contributed by atoms with Crippen LogP contribution in [0.1, 0.15) is 23.0 Å². The van der Waals surface area contributed by atoms with Gasteiger partial charge in [-0.3, -0.25) is 0 Å². The topological polar surface area (TPSA) is 72.6 Å². The lowest BCUT2D eigenvalue weighted by Crippen LogP contribution is -2.01. The van der Waals surface area contributed by atoms with Crippen LogP contribution in [-0.2, 0) is 0 Å². The Morgan fingerprint density at radius 1 is 1.53 bits per heavy atom. The fourth-order valence-corrected chi connectivity index (χ4v) is 1.69. The van der Waals surface area contributed by atoms with Gasteiger partial charge in [0.2, 0.25) is 11.6 Å². The fourth-order valence-electron chi connectivity index (χ4n) is 1.57. The second kappa shape index (κ2) is 5.32. The summed E-state index contributed by atoms with van der Waals surface area (Å²) in [4.78, 5) is 15.0. The molecule has 1 aromatic heterocycles. The van der Waals surface area contributed by atoms with E-state index in [4.69, 9.17) is 25.9 Å². The van der Waals surface area contributed by atoms with Crippen LogP contribution in [0.2, 0.25) is 5.02 Å². The number of ether oxygens (including phenoxy) is 1. The van der Waals surface area contributed by atoms with E-state index < -0.39 is 5.97 Å². The SMILES string of the molecule is CCOc1oc(-c2ccc(Cl)c(C)c2)nc1C(=O)O. The van der Waals surface area contributed by atoms with Gasteiger partial charge in [-0.1, -0.05) is 11.6 Å². The first-order chi connectivity index (χ1) is 9.02. The van der Waals surface area contributed by atoms with E-state index >= 15 is 0 Å². The minimum Gasteiger partial charge on any atom is -0.476 e. The Balaban J connectivity index is 2.47. The molecule has 0 radical (unpaired) electrons. The number of nitrogens with zero attached hydrogens (tertiary/aromatic N) is 1. The molecule has 0 spiro atoms. The van der Waals surface area contributed by atoms with Gasteiger partial charge in [-0.15, -0.1) is 0 Å². The molecule has 0 fully saturated rings. The largest absolute Gasteiger partial charge is 0.476 e. The first kappa shape index (κ1) is 13.4. The van der Waals surface area contributed by atoms with E-state index in [1.165, 1.54) is 0 Å². The highest BCUT2D eigenvalue weighted by molar-refractivity contribution is 6.31. The maximum absolute atomic E-state index is 11.0. The number of carboxylic acid groups (broad SMARTS) is 1. The van der Waals surface area contributed by atoms with Crippen LogP contribution in [0.3, 0.4) is 0 Å². The first-order valence-electron chi connectivity index (χ1n) is 5.66. The third kappa shape index (κ3) is 2.71. The molecule has 0 atom stereocenters. The number of aromatic carboxylic acids is 1. The highest BCUT2D eigenvalue weighted by Crippen LogP contribution is 2.29. The highest BCUT2D eigenvalue weighted by Gasteiger charge is 2.21. The molecule has 2 rings (SSSR count). The Hall–Kier alpha value is -2.01. The third-order valence-electron chi connectivity index (χ3n) is 2.48. The predicted octanol–water partition coefficient (Wildman–Crippen LogP) is 3.40. The summed E-state index contributed by atoms with van der Waals surface area (Å²) in [7, 11) is 0. The molecule has 0 aliphatic rings. The van der Waals surface area contributed by atoms with E-state index in [9.17, 15) is 4.79 Å². The smallest absolute Gasteiger partial charge is 0.362 e. The monoisotopic (exact) mass is 281 g/mol. The van der Waals surface area contributed by atoms with Gasteiger partial charge in [0.25, 0.3) is 0 Å². The number of rotatable bonds is 4. The molecule has 1 N–H and O–H groups in total. The first-order valence-corrected chi connectivity index (χ1v) is 6.04. The third-order valence-corrected chi connectivity index (χ3v) is 2.90. The van der Waals surface area contributed by atoms with Crippen molar-refractivity contribution < 1.29 is 19.1 Å². The Morgan fingerprint density at radius 3 is 2.84 bits per heavy atom. The van der Waals surface area contributed by atoms with E-state index in [1.54, 1.807) is 25.1 Å². The lowest BCUT2D eigenvalue weighted by Gasteiger charge is -2.00. The van der Waals surface area contributed by atoms with Gasteiger partial charge in [-0.2, -0.15) is 4.98 Å². The molecule has 0 aliphatic carbocycles. The molecule has 0 bridgehead atoms. The average Bonchev–Trinajstić information content (AvgIpc) is 2.77. The van der Waals surface area contributed by atoms with Gasteiger partial charge < -0.3 is 14.3 Å². The van der Waals surface area contributed by atoms with Crippen molar-refractivity contribution in [2.45, 2.75) is 13.8 Å². The summed E-state index contributed by atoms with van der Waals surface area (Å²) < 4.78 is 10.5. The molecule has 2 aromatic rings. The lowest BCUT2D eigenvalue weighted by molar-refractivity contribution is 0.0683. The zero-order valence-electron chi connectivity index (χ0n) is 10.4. The van der Waals surface area contributed by atoms with Gasteiger partial charge in [0.05, 0.1) is 6.61 Å². The number of benzene rings is 1. The Labute approximate surface area is 114 Å². The summed E-state index contributed by atoms with van der Waals surface area (Å²) in [5.41, 5.74) is 1.27. The molecule has 0 saturated carbocycles. The molecule has 0 aliphatic heterocycles. The van der Waals surface area contributed by atoms with Gasteiger partial charge in [0.1, 0.15) is 0 Å². The van der Waals surface area contributed by atoms with Crippen molar-refractivity contribution in [1.82, 2.24) is 4.98 Å². The number of carbonyl (C=O) groups is 1. The Kier molecular flexibility index (Phi) is 3.76. The molecule has 0 saturated heterocycles. The van der Waals surface area contributed by atoms with Gasteiger partial charge >= 0.3 is 11.9 Å². The summed E-state index contributed by atoms with van der Waals surface area (Å²) in [5, 5.41) is 9.65. The van der Waals surface area contributed by atoms with Crippen molar-refractivity contribution >= 4 is 17.6 Å². The minimum absolute atomic E-state index is 0.0856. The van der Waals surface area contributed by atoms with E-state index in [-0.39, 0.29) is 17.5 Å². The van der Waals surface area contributed by atoms with Crippen LogP contribution >= 0.6 is 11.6 Å². The van der Waals surface area contributed by atoms with Crippen molar-refractivity contribution in [2.24, 2.45) is 0 Å². The zero-order valence-corrected chi connectivity index (χ0v) is 11.2. The number of halogens is 1. The number of hydrogen-bond acceptors (Lipinski definition) is 4. The summed E-state index contributed by atoms with van der Waals surface area (Å²) in [6.45, 7) is 3.88. The molecular formula is C13H12ClNO4. The maximum atomic E-state index is 11.0. The summed E-state index contributed by atoms with van der Waals surface area (Å²) in [6.07, 6.45) is 0. The standard InChI is InChI=1S/C13H12ClNO4/c1-3-18-13-10(12(16)17)15-11(19-13)8-4-5-9(14)7(2)6-8/h4-6H,3H2,1-2H3,(H,16,17).